The highest BCUT2D eigenvalue weighted by molar-refractivity contribution is 7.52. The number of carbonyl (C=O) groups is 1. The Labute approximate surface area is 95.3 Å². The molecule has 0 saturated carbocycles. The molecular formula is C10H19O5P. The van der Waals surface area contributed by atoms with Crippen molar-refractivity contribution in [3.05, 3.63) is 11.1 Å². The Hall–Kier alpha value is -0.640. The van der Waals surface area contributed by atoms with Crippen LogP contribution < -0.4 is 0 Å². The molecule has 1 atom stereocenters. The molecule has 0 aromatic rings. The normalized spacial score (nSPS) is 15.6. The van der Waals surface area contributed by atoms with Gasteiger partial charge in [-0.15, -0.1) is 0 Å². The lowest BCUT2D eigenvalue weighted by atomic mass is 9.99. The third-order valence-electron chi connectivity index (χ3n) is 2.58. The fourth-order valence-electron chi connectivity index (χ4n) is 1.85. The van der Waals surface area contributed by atoms with E-state index >= 15 is 0 Å². The number of rotatable bonds is 6. The van der Waals surface area contributed by atoms with Crippen molar-refractivity contribution in [1.29, 1.82) is 0 Å². The molecule has 0 amide bonds. The molecule has 0 fully saturated rings. The number of aliphatic carboxylic acids is 1. The Kier molecular flexibility index (Phi) is 5.94. The first-order chi connectivity index (χ1) is 7.29. The van der Waals surface area contributed by atoms with Crippen LogP contribution in [0.1, 0.15) is 40.0 Å². The van der Waals surface area contributed by atoms with Gasteiger partial charge in [-0.1, -0.05) is 20.8 Å². The number of hydrogen-bond acceptors (Lipinski definition) is 2. The van der Waals surface area contributed by atoms with Crippen LogP contribution in [0.5, 0.6) is 0 Å². The lowest BCUT2D eigenvalue weighted by Crippen LogP contribution is -2.16. The van der Waals surface area contributed by atoms with Crippen LogP contribution in [0.4, 0.5) is 0 Å². The van der Waals surface area contributed by atoms with Crippen molar-refractivity contribution in [2.24, 2.45) is 0 Å². The van der Waals surface area contributed by atoms with E-state index in [4.69, 9.17) is 5.11 Å². The summed E-state index contributed by atoms with van der Waals surface area (Å²) in [5.74, 6) is -1.09. The van der Waals surface area contributed by atoms with Gasteiger partial charge in [-0.05, 0) is 24.8 Å². The van der Waals surface area contributed by atoms with Crippen LogP contribution in [-0.2, 0) is 9.36 Å². The van der Waals surface area contributed by atoms with Crippen molar-refractivity contribution in [2.45, 2.75) is 45.7 Å². The van der Waals surface area contributed by atoms with Crippen molar-refractivity contribution >= 4 is 13.6 Å². The van der Waals surface area contributed by atoms with E-state index < -0.39 is 19.2 Å². The second-order valence-electron chi connectivity index (χ2n) is 3.53. The van der Waals surface area contributed by atoms with E-state index in [0.29, 0.717) is 12.0 Å². The molecule has 6 heteroatoms. The van der Waals surface area contributed by atoms with Crippen LogP contribution in [0.3, 0.4) is 0 Å². The topological polar surface area (TPSA) is 94.8 Å². The van der Waals surface area contributed by atoms with E-state index in [0.717, 1.165) is 0 Å². The van der Waals surface area contributed by atoms with E-state index in [1.54, 1.807) is 20.8 Å². The highest BCUT2D eigenvalue weighted by atomic mass is 31.2. The van der Waals surface area contributed by atoms with Gasteiger partial charge in [0.2, 0.25) is 0 Å². The fourth-order valence-corrected chi connectivity index (χ4v) is 3.07. The fraction of sp³-hybridized carbons (Fsp3) is 0.700. The Bertz CT molecular complexity index is 328. The minimum Gasteiger partial charge on any atom is -0.478 e. The van der Waals surface area contributed by atoms with Gasteiger partial charge in [0, 0.05) is 5.57 Å². The van der Waals surface area contributed by atoms with Gasteiger partial charge in [-0.25, -0.2) is 4.79 Å². The summed E-state index contributed by atoms with van der Waals surface area (Å²) in [5.41, 5.74) is -0.480. The molecular weight excluding hydrogens is 231 g/mol. The van der Waals surface area contributed by atoms with Crippen molar-refractivity contribution in [3.63, 3.8) is 0 Å². The minimum absolute atomic E-state index is 0.123. The molecule has 0 aliphatic heterocycles. The average Bonchev–Trinajstić information content (AvgIpc) is 2.14. The first-order valence-corrected chi connectivity index (χ1v) is 6.98. The maximum absolute atomic E-state index is 11.3. The quantitative estimate of drug-likeness (QED) is 0.496. The standard InChI is InChI=1S/C10H19O5P/c1-4-7(8(5-2)10(11)12)9(6-3)16(13,14)15/h9H,4-6H2,1-3H3,(H,11,12)(H2,13,14,15)/b8-7+. The monoisotopic (exact) mass is 250 g/mol. The molecule has 0 aliphatic carbocycles. The zero-order valence-electron chi connectivity index (χ0n) is 9.80. The summed E-state index contributed by atoms with van der Waals surface area (Å²) >= 11 is 0. The van der Waals surface area contributed by atoms with Crippen LogP contribution in [0, 0.1) is 0 Å². The van der Waals surface area contributed by atoms with Crippen LogP contribution in [-0.4, -0.2) is 26.5 Å². The van der Waals surface area contributed by atoms with Crippen LogP contribution >= 0.6 is 7.60 Å². The molecule has 5 nitrogen and oxygen atoms in total. The molecule has 0 aromatic carbocycles. The molecule has 0 aliphatic rings. The second kappa shape index (κ2) is 6.18. The molecule has 0 aromatic heterocycles. The summed E-state index contributed by atoms with van der Waals surface area (Å²) in [6, 6.07) is 0. The second-order valence-corrected chi connectivity index (χ2v) is 5.33. The summed E-state index contributed by atoms with van der Waals surface area (Å²) in [6.07, 6.45) is 0.859. The highest BCUT2D eigenvalue weighted by Crippen LogP contribution is 2.48. The summed E-state index contributed by atoms with van der Waals surface area (Å²) < 4.78 is 11.3. The van der Waals surface area contributed by atoms with E-state index in [1.807, 2.05) is 0 Å². The highest BCUT2D eigenvalue weighted by Gasteiger charge is 2.32. The van der Waals surface area contributed by atoms with E-state index in [9.17, 15) is 19.1 Å². The predicted molar refractivity (Wildman–Crippen MR) is 61.4 cm³/mol. The van der Waals surface area contributed by atoms with E-state index in [1.165, 1.54) is 0 Å². The van der Waals surface area contributed by atoms with Gasteiger partial charge in [-0.2, -0.15) is 0 Å². The largest absolute Gasteiger partial charge is 0.478 e. The molecule has 16 heavy (non-hydrogen) atoms. The molecule has 0 rings (SSSR count). The third kappa shape index (κ3) is 3.74. The first kappa shape index (κ1) is 15.4. The van der Waals surface area contributed by atoms with Crippen molar-refractivity contribution < 1.29 is 24.3 Å². The number of allylic oxidation sites excluding steroid dienone is 1. The molecule has 0 bridgehead atoms. The molecule has 1 unspecified atom stereocenters. The van der Waals surface area contributed by atoms with Crippen molar-refractivity contribution in [3.8, 4) is 0 Å². The zero-order chi connectivity index (χ0) is 12.9. The van der Waals surface area contributed by atoms with Crippen LogP contribution in [0.15, 0.2) is 11.1 Å². The maximum atomic E-state index is 11.3. The first-order valence-electron chi connectivity index (χ1n) is 5.29. The average molecular weight is 250 g/mol. The minimum atomic E-state index is -4.28. The summed E-state index contributed by atoms with van der Waals surface area (Å²) in [4.78, 5) is 29.3. The van der Waals surface area contributed by atoms with Crippen molar-refractivity contribution in [1.82, 2.24) is 0 Å². The molecule has 0 spiro atoms. The molecule has 94 valence electrons. The Morgan fingerprint density at radius 1 is 1.19 bits per heavy atom. The van der Waals surface area contributed by atoms with Gasteiger partial charge in [0.05, 0.1) is 5.66 Å². The SMILES string of the molecule is CC/C(C(=O)O)=C(/CC)C(CC)P(=O)(O)O. The lowest BCUT2D eigenvalue weighted by Gasteiger charge is -2.21. The maximum Gasteiger partial charge on any atom is 0.332 e. The van der Waals surface area contributed by atoms with Gasteiger partial charge in [0.25, 0.3) is 0 Å². The molecule has 0 radical (unpaired) electrons. The number of hydrogen-bond donors (Lipinski definition) is 3. The van der Waals surface area contributed by atoms with Gasteiger partial charge in [-0.3, -0.25) is 4.57 Å². The molecule has 0 saturated heterocycles. The van der Waals surface area contributed by atoms with Crippen LogP contribution in [0.2, 0.25) is 0 Å². The Balaban J connectivity index is 5.55. The lowest BCUT2D eigenvalue weighted by molar-refractivity contribution is -0.132. The van der Waals surface area contributed by atoms with E-state index in [-0.39, 0.29) is 18.4 Å². The summed E-state index contributed by atoms with van der Waals surface area (Å²) in [7, 11) is -4.28. The summed E-state index contributed by atoms with van der Waals surface area (Å²) in [6.45, 7) is 5.03. The number of carboxylic acid groups (broad SMARTS) is 1. The van der Waals surface area contributed by atoms with E-state index in [2.05, 4.69) is 0 Å². The Morgan fingerprint density at radius 2 is 1.69 bits per heavy atom. The van der Waals surface area contributed by atoms with Gasteiger partial charge >= 0.3 is 13.6 Å². The smallest absolute Gasteiger partial charge is 0.332 e. The molecule has 3 N–H and O–H groups in total. The van der Waals surface area contributed by atoms with Crippen LogP contribution in [0.25, 0.3) is 0 Å². The molecule has 0 heterocycles. The Morgan fingerprint density at radius 3 is 1.88 bits per heavy atom. The van der Waals surface area contributed by atoms with Gasteiger partial charge in [0.1, 0.15) is 0 Å². The van der Waals surface area contributed by atoms with Gasteiger partial charge in [0.15, 0.2) is 0 Å². The number of carboxylic acids is 1. The summed E-state index contributed by atoms with van der Waals surface area (Å²) in [5, 5.41) is 8.97. The third-order valence-corrected chi connectivity index (χ3v) is 4.06. The zero-order valence-corrected chi connectivity index (χ0v) is 10.7. The predicted octanol–water partition coefficient (Wildman–Crippen LogP) is 2.14. The van der Waals surface area contributed by atoms with Gasteiger partial charge < -0.3 is 14.9 Å². The van der Waals surface area contributed by atoms with Crippen molar-refractivity contribution in [2.75, 3.05) is 0 Å².